The normalized spacial score (nSPS) is 24.7. The summed E-state index contributed by atoms with van der Waals surface area (Å²) in [4.78, 5) is 2.36. The molecule has 1 fully saturated rings. The van der Waals surface area contributed by atoms with E-state index >= 15 is 0 Å². The number of aliphatic hydroxyl groups is 1. The molecule has 1 atom stereocenters. The molecule has 0 bridgehead atoms. The van der Waals surface area contributed by atoms with Gasteiger partial charge in [-0.2, -0.15) is 0 Å². The SMILES string of the molecule is COc1ccc(C2(O)CCCN(C(C)C)CC2)cc1F. The van der Waals surface area contributed by atoms with E-state index in [2.05, 4.69) is 18.7 Å². The summed E-state index contributed by atoms with van der Waals surface area (Å²) in [5.41, 5.74) is -0.280. The summed E-state index contributed by atoms with van der Waals surface area (Å²) in [6.07, 6.45) is 2.22. The molecule has 3 nitrogen and oxygen atoms in total. The Labute approximate surface area is 120 Å². The van der Waals surface area contributed by atoms with E-state index in [4.69, 9.17) is 4.74 Å². The van der Waals surface area contributed by atoms with E-state index < -0.39 is 11.4 Å². The first-order valence-electron chi connectivity index (χ1n) is 7.27. The van der Waals surface area contributed by atoms with E-state index in [1.807, 2.05) is 0 Å². The first-order chi connectivity index (χ1) is 9.46. The van der Waals surface area contributed by atoms with Gasteiger partial charge in [0.2, 0.25) is 0 Å². The van der Waals surface area contributed by atoms with Crippen molar-refractivity contribution >= 4 is 0 Å². The summed E-state index contributed by atoms with van der Waals surface area (Å²) < 4.78 is 18.8. The Bertz CT molecular complexity index is 464. The maximum atomic E-state index is 13.8. The van der Waals surface area contributed by atoms with Crippen LogP contribution in [0.5, 0.6) is 5.75 Å². The molecule has 4 heteroatoms. The van der Waals surface area contributed by atoms with Crippen LogP contribution in [0, 0.1) is 5.82 Å². The molecule has 0 radical (unpaired) electrons. The van der Waals surface area contributed by atoms with Crippen LogP contribution < -0.4 is 4.74 Å². The zero-order valence-corrected chi connectivity index (χ0v) is 12.5. The van der Waals surface area contributed by atoms with Gasteiger partial charge < -0.3 is 14.7 Å². The molecule has 0 aromatic heterocycles. The zero-order valence-electron chi connectivity index (χ0n) is 12.5. The second-order valence-corrected chi connectivity index (χ2v) is 5.86. The Balaban J connectivity index is 2.20. The Hall–Kier alpha value is -1.13. The van der Waals surface area contributed by atoms with Crippen molar-refractivity contribution in [2.45, 2.75) is 44.8 Å². The maximum absolute atomic E-state index is 13.8. The maximum Gasteiger partial charge on any atom is 0.165 e. The number of benzene rings is 1. The molecule has 20 heavy (non-hydrogen) atoms. The lowest BCUT2D eigenvalue weighted by Gasteiger charge is -2.28. The predicted molar refractivity (Wildman–Crippen MR) is 77.4 cm³/mol. The largest absolute Gasteiger partial charge is 0.494 e. The summed E-state index contributed by atoms with van der Waals surface area (Å²) in [5, 5.41) is 10.9. The Morgan fingerprint density at radius 3 is 2.65 bits per heavy atom. The highest BCUT2D eigenvalue weighted by atomic mass is 19.1. The standard InChI is InChI=1S/C16H24FNO2/c1-12(2)18-9-4-7-16(19,8-10-18)13-5-6-15(20-3)14(17)11-13/h5-6,11-12,19H,4,7-10H2,1-3H3. The van der Waals surface area contributed by atoms with Crippen molar-refractivity contribution in [2.24, 2.45) is 0 Å². The van der Waals surface area contributed by atoms with Gasteiger partial charge in [-0.05, 0) is 57.4 Å². The van der Waals surface area contributed by atoms with Crippen molar-refractivity contribution in [3.63, 3.8) is 0 Å². The highest BCUT2D eigenvalue weighted by molar-refractivity contribution is 5.32. The molecule has 112 valence electrons. The van der Waals surface area contributed by atoms with Crippen LogP contribution in [0.4, 0.5) is 4.39 Å². The molecule has 2 rings (SSSR count). The van der Waals surface area contributed by atoms with E-state index in [1.165, 1.54) is 13.2 Å². The molecule has 1 N–H and O–H groups in total. The number of hydrogen-bond donors (Lipinski definition) is 1. The quantitative estimate of drug-likeness (QED) is 0.924. The van der Waals surface area contributed by atoms with Gasteiger partial charge in [-0.3, -0.25) is 0 Å². The fraction of sp³-hybridized carbons (Fsp3) is 0.625. The number of methoxy groups -OCH3 is 1. The molecule has 1 aromatic rings. The highest BCUT2D eigenvalue weighted by Crippen LogP contribution is 2.35. The molecular formula is C16H24FNO2. The lowest BCUT2D eigenvalue weighted by atomic mass is 9.87. The van der Waals surface area contributed by atoms with Gasteiger partial charge in [-0.15, -0.1) is 0 Å². The van der Waals surface area contributed by atoms with Gasteiger partial charge in [0.25, 0.3) is 0 Å². The zero-order chi connectivity index (χ0) is 14.8. The molecule has 0 saturated carbocycles. The Kier molecular flexibility index (Phi) is 4.66. The molecule has 1 unspecified atom stereocenters. The van der Waals surface area contributed by atoms with Crippen LogP contribution in [0.1, 0.15) is 38.7 Å². The topological polar surface area (TPSA) is 32.7 Å². The summed E-state index contributed by atoms with van der Waals surface area (Å²) in [5.74, 6) is -0.196. The van der Waals surface area contributed by atoms with Gasteiger partial charge in [-0.25, -0.2) is 4.39 Å². The van der Waals surface area contributed by atoms with Crippen LogP contribution in [0.15, 0.2) is 18.2 Å². The van der Waals surface area contributed by atoms with Crippen LogP contribution in [0.2, 0.25) is 0 Å². The minimum atomic E-state index is -0.934. The number of rotatable bonds is 3. The summed E-state index contributed by atoms with van der Waals surface area (Å²) in [6, 6.07) is 5.25. The highest BCUT2D eigenvalue weighted by Gasteiger charge is 2.33. The predicted octanol–water partition coefficient (Wildman–Crippen LogP) is 2.92. The van der Waals surface area contributed by atoms with Gasteiger partial charge in [0, 0.05) is 12.6 Å². The van der Waals surface area contributed by atoms with Gasteiger partial charge in [0.1, 0.15) is 0 Å². The molecule has 1 heterocycles. The fourth-order valence-electron chi connectivity index (χ4n) is 2.90. The molecule has 1 aliphatic heterocycles. The van der Waals surface area contributed by atoms with Crippen molar-refractivity contribution in [2.75, 3.05) is 20.2 Å². The average molecular weight is 281 g/mol. The van der Waals surface area contributed by atoms with Crippen LogP contribution >= 0.6 is 0 Å². The lowest BCUT2D eigenvalue weighted by Crippen LogP contribution is -2.33. The third kappa shape index (κ3) is 3.13. The third-order valence-electron chi connectivity index (χ3n) is 4.27. The minimum absolute atomic E-state index is 0.217. The molecule has 0 amide bonds. The second kappa shape index (κ2) is 6.10. The molecule has 1 saturated heterocycles. The van der Waals surface area contributed by atoms with Crippen molar-refractivity contribution < 1.29 is 14.2 Å². The molecule has 1 aliphatic rings. The van der Waals surface area contributed by atoms with Crippen molar-refractivity contribution in [1.29, 1.82) is 0 Å². The van der Waals surface area contributed by atoms with E-state index in [1.54, 1.807) is 12.1 Å². The summed E-state index contributed by atoms with van der Waals surface area (Å²) in [6.45, 7) is 6.15. The first-order valence-corrected chi connectivity index (χ1v) is 7.27. The number of nitrogens with zero attached hydrogens (tertiary/aromatic N) is 1. The van der Waals surface area contributed by atoms with Crippen molar-refractivity contribution in [3.8, 4) is 5.75 Å². The molecule has 0 spiro atoms. The average Bonchev–Trinajstić information content (AvgIpc) is 2.62. The minimum Gasteiger partial charge on any atom is -0.494 e. The van der Waals surface area contributed by atoms with E-state index in [0.717, 1.165) is 19.5 Å². The van der Waals surface area contributed by atoms with Gasteiger partial charge in [0.05, 0.1) is 12.7 Å². The number of halogens is 1. The summed E-state index contributed by atoms with van der Waals surface area (Å²) in [7, 11) is 1.44. The van der Waals surface area contributed by atoms with Crippen LogP contribution in [-0.2, 0) is 5.60 Å². The van der Waals surface area contributed by atoms with E-state index in [0.29, 0.717) is 24.4 Å². The molecule has 0 aliphatic carbocycles. The van der Waals surface area contributed by atoms with Crippen LogP contribution in [0.25, 0.3) is 0 Å². The third-order valence-corrected chi connectivity index (χ3v) is 4.27. The first kappa shape index (κ1) is 15.3. The van der Waals surface area contributed by atoms with Crippen molar-refractivity contribution in [1.82, 2.24) is 4.90 Å². The smallest absolute Gasteiger partial charge is 0.165 e. The molecular weight excluding hydrogens is 257 g/mol. The monoisotopic (exact) mass is 281 g/mol. The second-order valence-electron chi connectivity index (χ2n) is 5.86. The van der Waals surface area contributed by atoms with Gasteiger partial charge in [-0.1, -0.05) is 6.07 Å². The van der Waals surface area contributed by atoms with Gasteiger partial charge in [0.15, 0.2) is 11.6 Å². The van der Waals surface area contributed by atoms with Gasteiger partial charge >= 0.3 is 0 Å². The number of likely N-dealkylation sites (tertiary alicyclic amines) is 1. The van der Waals surface area contributed by atoms with Crippen LogP contribution in [-0.4, -0.2) is 36.2 Å². The Morgan fingerprint density at radius 2 is 2.05 bits per heavy atom. The number of hydrogen-bond acceptors (Lipinski definition) is 3. The fourth-order valence-corrected chi connectivity index (χ4v) is 2.90. The van der Waals surface area contributed by atoms with E-state index in [9.17, 15) is 9.50 Å². The van der Waals surface area contributed by atoms with Crippen LogP contribution in [0.3, 0.4) is 0 Å². The van der Waals surface area contributed by atoms with Crippen molar-refractivity contribution in [3.05, 3.63) is 29.6 Å². The van der Waals surface area contributed by atoms with E-state index in [-0.39, 0.29) is 5.75 Å². The summed E-state index contributed by atoms with van der Waals surface area (Å²) >= 11 is 0. The lowest BCUT2D eigenvalue weighted by molar-refractivity contribution is 0.0200. The Morgan fingerprint density at radius 1 is 1.30 bits per heavy atom. The molecule has 1 aromatic carbocycles. The number of ether oxygens (including phenoxy) is 1.